The summed E-state index contributed by atoms with van der Waals surface area (Å²) >= 11 is 13.4. The Morgan fingerprint density at radius 1 is 0.923 bits per heavy atom. The van der Waals surface area contributed by atoms with Gasteiger partial charge in [0, 0.05) is 40.2 Å². The molecule has 0 N–H and O–H groups in total. The average Bonchev–Trinajstić information content (AvgIpc) is 2.68. The van der Waals surface area contributed by atoms with Crippen molar-refractivity contribution in [3.05, 3.63) is 63.7 Å². The highest BCUT2D eigenvalue weighted by molar-refractivity contribution is 8.23. The molecule has 1 aliphatic carbocycles. The number of carbonyl (C=O) groups excluding carboxylic acids is 2. The van der Waals surface area contributed by atoms with E-state index in [1.54, 1.807) is 36.4 Å². The Labute approximate surface area is 166 Å². The van der Waals surface area contributed by atoms with E-state index < -0.39 is 0 Å². The highest BCUT2D eigenvalue weighted by Gasteiger charge is 2.30. The predicted octanol–water partition coefficient (Wildman–Crippen LogP) is 4.98. The molecule has 2 aromatic carbocycles. The number of ketones is 2. The maximum absolute atomic E-state index is 12.9. The fraction of sp³-hybridized carbons (Fsp3) is 0.250. The van der Waals surface area contributed by atoms with Crippen LogP contribution in [-0.4, -0.2) is 33.9 Å². The van der Waals surface area contributed by atoms with Crippen LogP contribution in [0.2, 0.25) is 5.02 Å². The summed E-state index contributed by atoms with van der Waals surface area (Å²) in [5.41, 5.74) is 1.65. The summed E-state index contributed by atoms with van der Waals surface area (Å²) < 4.78 is 0.765. The molecular weight excluding hydrogens is 386 g/mol. The molecule has 1 aliphatic heterocycles. The van der Waals surface area contributed by atoms with Crippen LogP contribution in [0.3, 0.4) is 0 Å². The van der Waals surface area contributed by atoms with Crippen molar-refractivity contribution in [2.24, 2.45) is 0 Å². The Bertz CT molecular complexity index is 935. The van der Waals surface area contributed by atoms with E-state index >= 15 is 0 Å². The standard InChI is InChI=1S/C20H16ClNO2S2/c21-16-10-14-15(19(24)13-7-3-2-6-12(13)18(14)23)11-17(16)26-20(25)22-8-4-1-5-9-22/h2-3,6-7,10-11H,1,4-5,8-9H2. The molecule has 4 rings (SSSR count). The Balaban J connectivity index is 1.68. The molecule has 0 amide bonds. The zero-order chi connectivity index (χ0) is 18.3. The van der Waals surface area contributed by atoms with Crippen LogP contribution < -0.4 is 0 Å². The lowest BCUT2D eigenvalue weighted by Crippen LogP contribution is -2.32. The predicted molar refractivity (Wildman–Crippen MR) is 109 cm³/mol. The minimum atomic E-state index is -0.160. The van der Waals surface area contributed by atoms with Crippen molar-refractivity contribution >= 4 is 51.5 Å². The largest absolute Gasteiger partial charge is 0.357 e. The number of thiocarbonyl (C=S) groups is 1. The molecule has 0 bridgehead atoms. The third-order valence-corrected chi connectivity index (χ3v) is 6.71. The summed E-state index contributed by atoms with van der Waals surface area (Å²) in [5.74, 6) is -0.301. The number of benzene rings is 2. The van der Waals surface area contributed by atoms with Crippen molar-refractivity contribution in [3.63, 3.8) is 0 Å². The second-order valence-corrected chi connectivity index (χ2v) is 8.53. The van der Waals surface area contributed by atoms with E-state index in [0.717, 1.165) is 35.1 Å². The number of hydrogen-bond acceptors (Lipinski definition) is 4. The lowest BCUT2D eigenvalue weighted by atomic mass is 9.84. The van der Waals surface area contributed by atoms with E-state index in [0.29, 0.717) is 27.3 Å². The van der Waals surface area contributed by atoms with Crippen LogP contribution in [0.1, 0.15) is 51.1 Å². The zero-order valence-corrected chi connectivity index (χ0v) is 16.3. The van der Waals surface area contributed by atoms with Crippen LogP contribution in [-0.2, 0) is 0 Å². The molecule has 2 aliphatic rings. The molecule has 1 saturated heterocycles. The van der Waals surface area contributed by atoms with Gasteiger partial charge in [-0.25, -0.2) is 0 Å². The molecule has 0 aromatic heterocycles. The first-order valence-electron chi connectivity index (χ1n) is 8.55. The fourth-order valence-corrected chi connectivity index (χ4v) is 4.98. The zero-order valence-electron chi connectivity index (χ0n) is 14.0. The highest BCUT2D eigenvalue weighted by atomic mass is 35.5. The Morgan fingerprint density at radius 3 is 2.12 bits per heavy atom. The van der Waals surface area contributed by atoms with Gasteiger partial charge >= 0.3 is 0 Å². The summed E-state index contributed by atoms with van der Waals surface area (Å²) in [6, 6.07) is 10.2. The minimum absolute atomic E-state index is 0.141. The second-order valence-electron chi connectivity index (χ2n) is 6.45. The lowest BCUT2D eigenvalue weighted by molar-refractivity contribution is 0.0979. The molecule has 0 spiro atoms. The molecule has 2 aromatic rings. The van der Waals surface area contributed by atoms with Crippen molar-refractivity contribution < 1.29 is 9.59 Å². The van der Waals surface area contributed by atoms with Gasteiger partial charge in [0.05, 0.1) is 5.02 Å². The number of likely N-dealkylation sites (tertiary alicyclic amines) is 1. The van der Waals surface area contributed by atoms with Gasteiger partial charge in [-0.2, -0.15) is 0 Å². The van der Waals surface area contributed by atoms with E-state index in [9.17, 15) is 9.59 Å². The quantitative estimate of drug-likeness (QED) is 0.424. The van der Waals surface area contributed by atoms with Crippen molar-refractivity contribution in [3.8, 4) is 0 Å². The number of hydrogen-bond donors (Lipinski definition) is 0. The maximum Gasteiger partial charge on any atom is 0.194 e. The van der Waals surface area contributed by atoms with E-state index in [1.807, 2.05) is 0 Å². The normalized spacial score (nSPS) is 16.3. The first kappa shape index (κ1) is 17.7. The van der Waals surface area contributed by atoms with Gasteiger partial charge in [-0.05, 0) is 31.4 Å². The first-order chi connectivity index (χ1) is 12.6. The number of nitrogens with zero attached hydrogens (tertiary/aromatic N) is 1. The smallest absolute Gasteiger partial charge is 0.194 e. The third-order valence-electron chi connectivity index (χ3n) is 4.79. The van der Waals surface area contributed by atoms with Gasteiger partial charge < -0.3 is 4.90 Å². The van der Waals surface area contributed by atoms with Crippen molar-refractivity contribution in [1.29, 1.82) is 0 Å². The topological polar surface area (TPSA) is 37.4 Å². The molecule has 0 saturated carbocycles. The molecule has 0 atom stereocenters. The average molecular weight is 402 g/mol. The summed E-state index contributed by atoms with van der Waals surface area (Å²) in [4.78, 5) is 28.5. The molecule has 1 heterocycles. The van der Waals surface area contributed by atoms with Gasteiger partial charge in [0.15, 0.2) is 11.6 Å². The summed E-state index contributed by atoms with van der Waals surface area (Å²) in [6.07, 6.45) is 3.52. The first-order valence-corrected chi connectivity index (χ1v) is 10.2. The van der Waals surface area contributed by atoms with E-state index in [4.69, 9.17) is 23.8 Å². The van der Waals surface area contributed by atoms with Crippen molar-refractivity contribution in [2.75, 3.05) is 13.1 Å². The number of piperidine rings is 1. The van der Waals surface area contributed by atoms with Crippen LogP contribution in [0.25, 0.3) is 0 Å². The summed E-state index contributed by atoms with van der Waals surface area (Å²) in [5, 5.41) is 0.452. The van der Waals surface area contributed by atoms with Gasteiger partial charge in [0.25, 0.3) is 0 Å². The van der Waals surface area contributed by atoms with Crippen LogP contribution in [0, 0.1) is 0 Å². The molecule has 1 fully saturated rings. The van der Waals surface area contributed by atoms with E-state index in [1.165, 1.54) is 18.2 Å². The van der Waals surface area contributed by atoms with Crippen LogP contribution in [0.4, 0.5) is 0 Å². The number of halogens is 1. The molecule has 26 heavy (non-hydrogen) atoms. The molecule has 0 unspecified atom stereocenters. The van der Waals surface area contributed by atoms with Crippen LogP contribution >= 0.6 is 35.6 Å². The summed E-state index contributed by atoms with van der Waals surface area (Å²) in [7, 11) is 0. The SMILES string of the molecule is O=C1c2ccccc2C(=O)c2cc(SC(=S)N3CCCCC3)c(Cl)cc21. The number of rotatable bonds is 1. The molecule has 132 valence electrons. The van der Waals surface area contributed by atoms with Crippen molar-refractivity contribution in [1.82, 2.24) is 4.90 Å². The Morgan fingerprint density at radius 2 is 1.50 bits per heavy atom. The van der Waals surface area contributed by atoms with Crippen LogP contribution in [0.15, 0.2) is 41.3 Å². The monoisotopic (exact) mass is 401 g/mol. The van der Waals surface area contributed by atoms with Crippen molar-refractivity contribution in [2.45, 2.75) is 24.2 Å². The van der Waals surface area contributed by atoms with E-state index in [-0.39, 0.29) is 11.6 Å². The molecule has 0 radical (unpaired) electrons. The van der Waals surface area contributed by atoms with E-state index in [2.05, 4.69) is 4.90 Å². The number of fused-ring (bicyclic) bond motifs is 2. The van der Waals surface area contributed by atoms with Gasteiger partial charge in [0.2, 0.25) is 0 Å². The molecule has 3 nitrogen and oxygen atoms in total. The lowest BCUT2D eigenvalue weighted by Gasteiger charge is -2.28. The van der Waals surface area contributed by atoms with Gasteiger partial charge in [-0.3, -0.25) is 9.59 Å². The molecule has 6 heteroatoms. The minimum Gasteiger partial charge on any atom is -0.357 e. The Hall–Kier alpha value is -1.69. The highest BCUT2D eigenvalue weighted by Crippen LogP contribution is 2.36. The second kappa shape index (κ2) is 7.14. The van der Waals surface area contributed by atoms with Gasteiger partial charge in [-0.1, -0.05) is 59.8 Å². The van der Waals surface area contributed by atoms with Gasteiger partial charge in [0.1, 0.15) is 4.32 Å². The van der Waals surface area contributed by atoms with Crippen LogP contribution in [0.5, 0.6) is 0 Å². The number of thioether (sulfide) groups is 1. The fourth-order valence-electron chi connectivity index (χ4n) is 3.41. The van der Waals surface area contributed by atoms with Gasteiger partial charge in [-0.15, -0.1) is 0 Å². The Kier molecular flexibility index (Phi) is 4.86. The number of carbonyl (C=O) groups is 2. The third kappa shape index (κ3) is 3.08. The maximum atomic E-state index is 12.9. The molecular formula is C20H16ClNO2S2. The summed E-state index contributed by atoms with van der Waals surface area (Å²) in [6.45, 7) is 1.92.